The van der Waals surface area contributed by atoms with Crippen molar-refractivity contribution in [2.24, 2.45) is 5.92 Å². The molecule has 6 nitrogen and oxygen atoms in total. The quantitative estimate of drug-likeness (QED) is 0.617. The van der Waals surface area contributed by atoms with Crippen molar-refractivity contribution in [2.45, 2.75) is 60.9 Å². The Morgan fingerprint density at radius 3 is 2.37 bits per heavy atom. The second-order valence-corrected chi connectivity index (χ2v) is 8.51. The molecular formula is C24H33N5O. The maximum atomic E-state index is 12.5. The molecule has 0 spiro atoms. The topological polar surface area (TPSA) is 64.7 Å². The molecule has 1 aromatic carbocycles. The number of rotatable bonds is 8. The van der Waals surface area contributed by atoms with Crippen molar-refractivity contribution < 1.29 is 4.79 Å². The number of nitrogens with one attached hydrogen (secondary N) is 1. The van der Waals surface area contributed by atoms with E-state index >= 15 is 0 Å². The van der Waals surface area contributed by atoms with Crippen molar-refractivity contribution in [3.05, 3.63) is 64.2 Å². The van der Waals surface area contributed by atoms with Crippen molar-refractivity contribution in [3.63, 3.8) is 0 Å². The molecule has 1 amide bonds. The molecule has 0 aliphatic rings. The molecular weight excluding hydrogens is 374 g/mol. The van der Waals surface area contributed by atoms with Crippen LogP contribution in [0, 0.1) is 33.6 Å². The van der Waals surface area contributed by atoms with Crippen LogP contribution in [-0.2, 0) is 24.2 Å². The number of hydrogen-bond donors (Lipinski definition) is 1. The number of aromatic nitrogens is 4. The first-order valence-electron chi connectivity index (χ1n) is 10.7. The fraction of sp³-hybridized carbons (Fsp3) is 0.458. The molecule has 0 fully saturated rings. The Morgan fingerprint density at radius 1 is 1.07 bits per heavy atom. The van der Waals surface area contributed by atoms with Crippen molar-refractivity contribution in [1.82, 2.24) is 24.9 Å². The van der Waals surface area contributed by atoms with Crippen molar-refractivity contribution in [2.75, 3.05) is 6.54 Å². The minimum Gasteiger partial charge on any atom is -0.355 e. The maximum absolute atomic E-state index is 12.5. The summed E-state index contributed by atoms with van der Waals surface area (Å²) in [5, 5.41) is 12.2. The van der Waals surface area contributed by atoms with E-state index in [4.69, 9.17) is 0 Å². The number of carbonyl (C=O) groups is 1. The lowest BCUT2D eigenvalue weighted by atomic mass is 10.1. The summed E-state index contributed by atoms with van der Waals surface area (Å²) < 4.78 is 3.97. The van der Waals surface area contributed by atoms with E-state index in [0.29, 0.717) is 18.9 Å². The van der Waals surface area contributed by atoms with Crippen molar-refractivity contribution in [3.8, 4) is 5.69 Å². The summed E-state index contributed by atoms with van der Waals surface area (Å²) in [6.07, 6.45) is 1.18. The molecule has 6 heteroatoms. The van der Waals surface area contributed by atoms with Gasteiger partial charge in [-0.25, -0.2) is 4.68 Å². The highest BCUT2D eigenvalue weighted by Crippen LogP contribution is 2.16. The number of aryl methyl sites for hydroxylation is 3. The van der Waals surface area contributed by atoms with Crippen LogP contribution in [0.5, 0.6) is 0 Å². The van der Waals surface area contributed by atoms with Crippen LogP contribution in [0.4, 0.5) is 0 Å². The number of hydrogen-bond acceptors (Lipinski definition) is 3. The first-order valence-corrected chi connectivity index (χ1v) is 10.7. The van der Waals surface area contributed by atoms with Crippen LogP contribution < -0.4 is 5.32 Å². The molecule has 0 atom stereocenters. The molecule has 2 heterocycles. The Labute approximate surface area is 179 Å². The van der Waals surface area contributed by atoms with Gasteiger partial charge >= 0.3 is 0 Å². The molecule has 0 saturated carbocycles. The predicted octanol–water partition coefficient (Wildman–Crippen LogP) is 3.86. The molecule has 3 rings (SSSR count). The first-order chi connectivity index (χ1) is 14.2. The normalized spacial score (nSPS) is 11.3. The molecule has 0 bridgehead atoms. The molecule has 0 aliphatic carbocycles. The van der Waals surface area contributed by atoms with Gasteiger partial charge in [0, 0.05) is 30.0 Å². The third kappa shape index (κ3) is 5.17. The van der Waals surface area contributed by atoms with Gasteiger partial charge in [-0.2, -0.15) is 10.2 Å². The van der Waals surface area contributed by atoms with E-state index in [9.17, 15) is 4.79 Å². The third-order valence-electron chi connectivity index (χ3n) is 5.33. The fourth-order valence-corrected chi connectivity index (χ4v) is 3.78. The van der Waals surface area contributed by atoms with Crippen LogP contribution in [0.25, 0.3) is 5.69 Å². The number of carbonyl (C=O) groups excluding carboxylic acids is 1. The first kappa shape index (κ1) is 21.8. The van der Waals surface area contributed by atoms with Crippen LogP contribution in [0.2, 0.25) is 0 Å². The van der Waals surface area contributed by atoms with Crippen LogP contribution in [0.3, 0.4) is 0 Å². The Balaban J connectivity index is 1.52. The Morgan fingerprint density at radius 2 is 1.77 bits per heavy atom. The summed E-state index contributed by atoms with van der Waals surface area (Å²) in [7, 11) is 0. The smallest absolute Gasteiger partial charge is 0.224 e. The van der Waals surface area contributed by atoms with E-state index in [0.717, 1.165) is 47.0 Å². The van der Waals surface area contributed by atoms with Crippen LogP contribution in [0.1, 0.15) is 47.8 Å². The molecule has 30 heavy (non-hydrogen) atoms. The zero-order valence-corrected chi connectivity index (χ0v) is 19.0. The highest BCUT2D eigenvalue weighted by Gasteiger charge is 2.15. The van der Waals surface area contributed by atoms with Gasteiger partial charge in [-0.15, -0.1) is 0 Å². The number of benzene rings is 1. The number of amides is 1. The largest absolute Gasteiger partial charge is 0.355 e. The lowest BCUT2D eigenvalue weighted by Gasteiger charge is -2.09. The maximum Gasteiger partial charge on any atom is 0.224 e. The summed E-state index contributed by atoms with van der Waals surface area (Å²) in [5.74, 6) is 0.571. The lowest BCUT2D eigenvalue weighted by molar-refractivity contribution is -0.120. The molecule has 0 saturated heterocycles. The van der Waals surface area contributed by atoms with Gasteiger partial charge in [0.15, 0.2) is 0 Å². The standard InChI is InChI=1S/C24H33N5O/c1-16(2)15-28-20(6)23(19(5)27-28)14-24(30)25-12-11-21-7-9-22(10-8-21)29-18(4)13-17(3)26-29/h7-10,13,16H,11-12,14-15H2,1-6H3,(H,25,30). The van der Waals surface area contributed by atoms with Crippen molar-refractivity contribution in [1.29, 1.82) is 0 Å². The number of nitrogens with zero attached hydrogens (tertiary/aromatic N) is 4. The monoisotopic (exact) mass is 407 g/mol. The summed E-state index contributed by atoms with van der Waals surface area (Å²) in [6.45, 7) is 13.9. The van der Waals surface area contributed by atoms with E-state index in [2.05, 4.69) is 73.5 Å². The van der Waals surface area contributed by atoms with Gasteiger partial charge < -0.3 is 5.32 Å². The molecule has 2 aromatic heterocycles. The van der Waals surface area contributed by atoms with Crippen molar-refractivity contribution >= 4 is 5.91 Å². The molecule has 1 N–H and O–H groups in total. The van der Waals surface area contributed by atoms with E-state index in [1.165, 1.54) is 5.56 Å². The van der Waals surface area contributed by atoms with Gasteiger partial charge in [-0.1, -0.05) is 26.0 Å². The summed E-state index contributed by atoms with van der Waals surface area (Å²) in [5.41, 5.74) is 7.46. The van der Waals surface area contributed by atoms with Crippen LogP contribution in [0.15, 0.2) is 30.3 Å². The molecule has 0 aliphatic heterocycles. The fourth-order valence-electron chi connectivity index (χ4n) is 3.78. The highest BCUT2D eigenvalue weighted by molar-refractivity contribution is 5.79. The van der Waals surface area contributed by atoms with E-state index in [-0.39, 0.29) is 5.91 Å². The second kappa shape index (κ2) is 9.28. The Hall–Kier alpha value is -2.89. The molecule has 0 radical (unpaired) electrons. The minimum atomic E-state index is 0.0459. The zero-order chi connectivity index (χ0) is 21.8. The third-order valence-corrected chi connectivity index (χ3v) is 5.33. The van der Waals surface area contributed by atoms with Gasteiger partial charge in [0.25, 0.3) is 0 Å². The Kier molecular flexibility index (Phi) is 6.75. The summed E-state index contributed by atoms with van der Waals surface area (Å²) >= 11 is 0. The molecule has 3 aromatic rings. The Bertz CT molecular complexity index is 1010. The van der Waals surface area contributed by atoms with Gasteiger partial charge in [0.1, 0.15) is 0 Å². The van der Waals surface area contributed by atoms with Gasteiger partial charge in [0.05, 0.1) is 23.5 Å². The van der Waals surface area contributed by atoms with E-state index in [1.807, 2.05) is 23.2 Å². The zero-order valence-electron chi connectivity index (χ0n) is 19.0. The van der Waals surface area contributed by atoms with E-state index < -0.39 is 0 Å². The van der Waals surface area contributed by atoms with Crippen LogP contribution >= 0.6 is 0 Å². The lowest BCUT2D eigenvalue weighted by Crippen LogP contribution is -2.27. The highest BCUT2D eigenvalue weighted by atomic mass is 16.1. The van der Waals surface area contributed by atoms with Gasteiger partial charge in [0.2, 0.25) is 5.91 Å². The van der Waals surface area contributed by atoms with Crippen LogP contribution in [-0.4, -0.2) is 32.0 Å². The SMILES string of the molecule is Cc1cc(C)n(-c2ccc(CCNC(=O)Cc3c(C)nn(CC(C)C)c3C)cc2)n1. The summed E-state index contributed by atoms with van der Waals surface area (Å²) in [6, 6.07) is 10.4. The summed E-state index contributed by atoms with van der Waals surface area (Å²) in [4.78, 5) is 12.5. The average molecular weight is 408 g/mol. The predicted molar refractivity (Wildman–Crippen MR) is 120 cm³/mol. The second-order valence-electron chi connectivity index (χ2n) is 8.51. The molecule has 160 valence electrons. The van der Waals surface area contributed by atoms with Gasteiger partial charge in [-0.3, -0.25) is 9.48 Å². The van der Waals surface area contributed by atoms with Gasteiger partial charge in [-0.05, 0) is 63.8 Å². The average Bonchev–Trinajstić information content (AvgIpc) is 3.15. The molecule has 0 unspecified atom stereocenters. The minimum absolute atomic E-state index is 0.0459. The van der Waals surface area contributed by atoms with E-state index in [1.54, 1.807) is 0 Å².